The Balaban J connectivity index is 1.82. The molecule has 0 saturated heterocycles. The molecule has 1 heterocycles. The van der Waals surface area contributed by atoms with E-state index in [9.17, 15) is 9.59 Å². The van der Waals surface area contributed by atoms with E-state index in [0.717, 1.165) is 25.7 Å². The van der Waals surface area contributed by atoms with Crippen LogP contribution in [-0.4, -0.2) is 27.3 Å². The molecule has 1 aromatic carbocycles. The van der Waals surface area contributed by atoms with Gasteiger partial charge in [-0.25, -0.2) is 4.98 Å². The molecular formula is C22H29N3O2S. The third kappa shape index (κ3) is 5.25. The van der Waals surface area contributed by atoms with Gasteiger partial charge in [0.15, 0.2) is 5.16 Å². The van der Waals surface area contributed by atoms with Crippen molar-refractivity contribution < 1.29 is 4.79 Å². The first-order valence-corrected chi connectivity index (χ1v) is 11.2. The summed E-state index contributed by atoms with van der Waals surface area (Å²) >= 11 is 1.34. The molecule has 5 nitrogen and oxygen atoms in total. The minimum Gasteiger partial charge on any atom is -0.353 e. The highest BCUT2D eigenvalue weighted by molar-refractivity contribution is 7.99. The maximum atomic E-state index is 13.1. The van der Waals surface area contributed by atoms with Crippen molar-refractivity contribution in [2.75, 3.05) is 5.75 Å². The standard InChI is InChI=1S/C22H29N3O2S/c1-3-16(2)23-20(26)15-28-22-24-19-12-8-7-11-18(19)21(27)25(22)14-13-17-9-5-4-6-10-17/h7-9,11-12,16H,3-6,10,13-15H2,1-2H3,(H,23,26). The fourth-order valence-corrected chi connectivity index (χ4v) is 4.23. The fraction of sp³-hybridized carbons (Fsp3) is 0.500. The van der Waals surface area contributed by atoms with Gasteiger partial charge < -0.3 is 5.32 Å². The predicted molar refractivity (Wildman–Crippen MR) is 116 cm³/mol. The van der Waals surface area contributed by atoms with E-state index in [1.165, 1.54) is 30.2 Å². The van der Waals surface area contributed by atoms with Crippen molar-refractivity contribution in [2.24, 2.45) is 0 Å². The zero-order chi connectivity index (χ0) is 19.9. The summed E-state index contributed by atoms with van der Waals surface area (Å²) in [4.78, 5) is 30.0. The van der Waals surface area contributed by atoms with Crippen LogP contribution >= 0.6 is 11.8 Å². The Morgan fingerprint density at radius 1 is 1.32 bits per heavy atom. The van der Waals surface area contributed by atoms with E-state index in [4.69, 9.17) is 4.98 Å². The lowest BCUT2D eigenvalue weighted by atomic mass is 9.97. The molecule has 28 heavy (non-hydrogen) atoms. The molecule has 1 aliphatic rings. The summed E-state index contributed by atoms with van der Waals surface area (Å²) in [6.45, 7) is 4.64. The number of fused-ring (bicyclic) bond motifs is 1. The number of hydrogen-bond acceptors (Lipinski definition) is 4. The van der Waals surface area contributed by atoms with Gasteiger partial charge in [-0.05, 0) is 57.6 Å². The van der Waals surface area contributed by atoms with Gasteiger partial charge in [-0.1, -0.05) is 42.5 Å². The summed E-state index contributed by atoms with van der Waals surface area (Å²) in [5.41, 5.74) is 2.09. The van der Waals surface area contributed by atoms with Crippen molar-refractivity contribution in [1.29, 1.82) is 0 Å². The average molecular weight is 400 g/mol. The summed E-state index contributed by atoms with van der Waals surface area (Å²) < 4.78 is 1.75. The second kappa shape index (κ2) is 9.92. The molecule has 1 aromatic heterocycles. The number of benzene rings is 1. The molecular weight excluding hydrogens is 370 g/mol. The molecule has 0 bridgehead atoms. The van der Waals surface area contributed by atoms with Crippen molar-refractivity contribution in [1.82, 2.24) is 14.9 Å². The lowest BCUT2D eigenvalue weighted by Gasteiger charge is -2.16. The Morgan fingerprint density at radius 2 is 2.14 bits per heavy atom. The highest BCUT2D eigenvalue weighted by atomic mass is 32.2. The van der Waals surface area contributed by atoms with Crippen LogP contribution in [0.2, 0.25) is 0 Å². The number of carbonyl (C=O) groups is 1. The Kier molecular flexibility index (Phi) is 7.31. The van der Waals surface area contributed by atoms with Crippen molar-refractivity contribution in [3.63, 3.8) is 0 Å². The third-order valence-electron chi connectivity index (χ3n) is 5.22. The summed E-state index contributed by atoms with van der Waals surface area (Å²) in [5, 5.41) is 4.23. The van der Waals surface area contributed by atoms with Gasteiger partial charge in [0, 0.05) is 12.6 Å². The number of para-hydroxylation sites is 1. The van der Waals surface area contributed by atoms with Gasteiger partial charge in [-0.3, -0.25) is 14.2 Å². The van der Waals surface area contributed by atoms with E-state index in [1.54, 1.807) is 4.57 Å². The first kappa shape index (κ1) is 20.6. The predicted octanol–water partition coefficient (Wildman–Crippen LogP) is 4.29. The molecule has 0 fully saturated rings. The van der Waals surface area contributed by atoms with E-state index < -0.39 is 0 Å². The maximum absolute atomic E-state index is 13.1. The first-order valence-electron chi connectivity index (χ1n) is 10.2. The minimum atomic E-state index is -0.0247. The fourth-order valence-electron chi connectivity index (χ4n) is 3.39. The molecule has 2 aromatic rings. The van der Waals surface area contributed by atoms with Crippen LogP contribution in [-0.2, 0) is 11.3 Å². The highest BCUT2D eigenvalue weighted by Crippen LogP contribution is 2.23. The molecule has 1 atom stereocenters. The normalized spacial score (nSPS) is 15.3. The number of nitrogens with one attached hydrogen (secondary N) is 1. The summed E-state index contributed by atoms with van der Waals surface area (Å²) in [6, 6.07) is 7.58. The van der Waals surface area contributed by atoms with Crippen LogP contribution in [0.15, 0.2) is 45.9 Å². The molecule has 1 unspecified atom stereocenters. The van der Waals surface area contributed by atoms with Crippen LogP contribution in [0.4, 0.5) is 0 Å². The number of rotatable bonds is 8. The van der Waals surface area contributed by atoms with Gasteiger partial charge >= 0.3 is 0 Å². The molecule has 0 aliphatic heterocycles. The van der Waals surface area contributed by atoms with Crippen LogP contribution in [0.25, 0.3) is 10.9 Å². The molecule has 0 saturated carbocycles. The van der Waals surface area contributed by atoms with Gasteiger partial charge in [0.2, 0.25) is 5.91 Å². The van der Waals surface area contributed by atoms with Crippen LogP contribution in [0.1, 0.15) is 52.4 Å². The molecule has 1 N–H and O–H groups in total. The zero-order valence-electron chi connectivity index (χ0n) is 16.7. The van der Waals surface area contributed by atoms with Crippen LogP contribution in [0.3, 0.4) is 0 Å². The number of aromatic nitrogens is 2. The van der Waals surface area contributed by atoms with E-state index in [1.807, 2.05) is 38.1 Å². The number of hydrogen-bond donors (Lipinski definition) is 1. The highest BCUT2D eigenvalue weighted by Gasteiger charge is 2.15. The molecule has 0 radical (unpaired) electrons. The van der Waals surface area contributed by atoms with Crippen LogP contribution in [0.5, 0.6) is 0 Å². The Hall–Kier alpha value is -2.08. The van der Waals surface area contributed by atoms with Crippen molar-refractivity contribution in [3.8, 4) is 0 Å². The van der Waals surface area contributed by atoms with Crippen molar-refractivity contribution in [2.45, 2.75) is 70.1 Å². The van der Waals surface area contributed by atoms with Gasteiger partial charge in [0.05, 0.1) is 16.7 Å². The maximum Gasteiger partial charge on any atom is 0.262 e. The van der Waals surface area contributed by atoms with E-state index in [2.05, 4.69) is 11.4 Å². The van der Waals surface area contributed by atoms with Crippen molar-refractivity contribution in [3.05, 3.63) is 46.3 Å². The number of allylic oxidation sites excluding steroid dienone is 2. The minimum absolute atomic E-state index is 0.0214. The SMILES string of the molecule is CCC(C)NC(=O)CSc1nc2ccccc2c(=O)n1CCC1=CCCCC1. The first-order chi connectivity index (χ1) is 13.6. The lowest BCUT2D eigenvalue weighted by Crippen LogP contribution is -2.33. The van der Waals surface area contributed by atoms with Gasteiger partial charge in [0.25, 0.3) is 5.56 Å². The summed E-state index contributed by atoms with van der Waals surface area (Å²) in [7, 11) is 0. The second-order valence-corrected chi connectivity index (χ2v) is 8.33. The molecule has 3 rings (SSSR count). The number of nitrogens with zero attached hydrogens (tertiary/aromatic N) is 2. The molecule has 1 aliphatic carbocycles. The molecule has 6 heteroatoms. The zero-order valence-corrected chi connectivity index (χ0v) is 17.6. The summed E-state index contributed by atoms with van der Waals surface area (Å²) in [5.74, 6) is 0.237. The van der Waals surface area contributed by atoms with E-state index >= 15 is 0 Å². The Bertz CT molecular complexity index is 920. The number of thioether (sulfide) groups is 1. The largest absolute Gasteiger partial charge is 0.353 e. The number of amides is 1. The monoisotopic (exact) mass is 399 g/mol. The smallest absolute Gasteiger partial charge is 0.262 e. The lowest BCUT2D eigenvalue weighted by molar-refractivity contribution is -0.119. The van der Waals surface area contributed by atoms with Gasteiger partial charge in [0.1, 0.15) is 0 Å². The Morgan fingerprint density at radius 3 is 2.89 bits per heavy atom. The average Bonchev–Trinajstić information content (AvgIpc) is 2.72. The van der Waals surface area contributed by atoms with E-state index in [0.29, 0.717) is 22.6 Å². The van der Waals surface area contributed by atoms with Crippen LogP contribution in [0, 0.1) is 0 Å². The summed E-state index contributed by atoms with van der Waals surface area (Å²) in [6.07, 6.45) is 8.82. The quantitative estimate of drug-likeness (QED) is 0.408. The molecule has 1 amide bonds. The molecule has 0 spiro atoms. The molecule has 150 valence electrons. The topological polar surface area (TPSA) is 64.0 Å². The van der Waals surface area contributed by atoms with E-state index in [-0.39, 0.29) is 23.3 Å². The van der Waals surface area contributed by atoms with Gasteiger partial charge in [-0.2, -0.15) is 0 Å². The van der Waals surface area contributed by atoms with Crippen molar-refractivity contribution >= 4 is 28.6 Å². The second-order valence-electron chi connectivity index (χ2n) is 7.39. The van der Waals surface area contributed by atoms with Gasteiger partial charge in [-0.15, -0.1) is 0 Å². The van der Waals surface area contributed by atoms with Crippen LogP contribution < -0.4 is 10.9 Å². The third-order valence-corrected chi connectivity index (χ3v) is 6.20. The Labute approximate surface area is 170 Å². The number of carbonyl (C=O) groups excluding carboxylic acids is 1.